The van der Waals surface area contributed by atoms with Crippen molar-refractivity contribution in [2.24, 2.45) is 5.41 Å². The Balaban J connectivity index is 1.89. The van der Waals surface area contributed by atoms with Gasteiger partial charge < -0.3 is 5.32 Å². The third-order valence-electron chi connectivity index (χ3n) is 5.25. The first-order valence-electron chi connectivity index (χ1n) is 8.52. The van der Waals surface area contributed by atoms with E-state index in [1.807, 2.05) is 0 Å². The summed E-state index contributed by atoms with van der Waals surface area (Å²) in [6.45, 7) is 15.6. The van der Waals surface area contributed by atoms with Crippen LogP contribution in [0.1, 0.15) is 53.4 Å². The molecule has 2 rings (SSSR count). The van der Waals surface area contributed by atoms with E-state index in [1.165, 1.54) is 58.4 Å². The molecule has 0 amide bonds. The molecule has 3 heteroatoms. The van der Waals surface area contributed by atoms with Crippen LogP contribution in [0.15, 0.2) is 0 Å². The Hall–Kier alpha value is -0.120. The van der Waals surface area contributed by atoms with Crippen molar-refractivity contribution in [2.75, 3.05) is 39.8 Å². The Kier molecular flexibility index (Phi) is 5.14. The first-order valence-corrected chi connectivity index (χ1v) is 8.52. The van der Waals surface area contributed by atoms with Gasteiger partial charge in [0.2, 0.25) is 0 Å². The van der Waals surface area contributed by atoms with E-state index in [1.54, 1.807) is 0 Å². The van der Waals surface area contributed by atoms with E-state index in [4.69, 9.17) is 0 Å². The lowest BCUT2D eigenvalue weighted by Gasteiger charge is -2.48. The van der Waals surface area contributed by atoms with Crippen LogP contribution >= 0.6 is 0 Å². The molecule has 0 radical (unpaired) electrons. The van der Waals surface area contributed by atoms with Crippen LogP contribution in [-0.2, 0) is 0 Å². The summed E-state index contributed by atoms with van der Waals surface area (Å²) in [5.74, 6) is 0. The highest BCUT2D eigenvalue weighted by Crippen LogP contribution is 2.29. The number of piperazine rings is 1. The average Bonchev–Trinajstić information content (AvgIpc) is 3.15. The zero-order valence-electron chi connectivity index (χ0n) is 14.3. The number of rotatable bonds is 7. The van der Waals surface area contributed by atoms with Gasteiger partial charge in [0.15, 0.2) is 0 Å². The molecule has 1 saturated heterocycles. The Morgan fingerprint density at radius 1 is 1.25 bits per heavy atom. The van der Waals surface area contributed by atoms with Gasteiger partial charge in [-0.15, -0.1) is 0 Å². The van der Waals surface area contributed by atoms with Crippen LogP contribution in [0.2, 0.25) is 0 Å². The predicted octanol–water partition coefficient (Wildman–Crippen LogP) is 2.57. The Morgan fingerprint density at radius 3 is 2.50 bits per heavy atom. The molecule has 1 aliphatic heterocycles. The minimum absolute atomic E-state index is 0.315. The molecule has 118 valence electrons. The summed E-state index contributed by atoms with van der Waals surface area (Å²) in [6, 6.07) is 0.829. The van der Waals surface area contributed by atoms with Crippen molar-refractivity contribution >= 4 is 0 Å². The summed E-state index contributed by atoms with van der Waals surface area (Å²) < 4.78 is 0. The minimum atomic E-state index is 0.315. The molecule has 1 atom stereocenters. The van der Waals surface area contributed by atoms with Gasteiger partial charge in [-0.1, -0.05) is 20.3 Å². The molecule has 1 aliphatic carbocycles. The molecule has 0 aromatic rings. The van der Waals surface area contributed by atoms with E-state index < -0.39 is 0 Å². The lowest BCUT2D eigenvalue weighted by atomic mass is 9.84. The normalized spacial score (nSPS) is 27.4. The molecule has 0 aromatic heterocycles. The van der Waals surface area contributed by atoms with Gasteiger partial charge in [-0.05, 0) is 45.6 Å². The third-order valence-corrected chi connectivity index (χ3v) is 5.25. The quantitative estimate of drug-likeness (QED) is 0.774. The maximum absolute atomic E-state index is 3.76. The second kappa shape index (κ2) is 6.33. The van der Waals surface area contributed by atoms with Gasteiger partial charge in [0.25, 0.3) is 0 Å². The van der Waals surface area contributed by atoms with E-state index in [0.717, 1.165) is 6.04 Å². The van der Waals surface area contributed by atoms with E-state index in [0.29, 0.717) is 11.0 Å². The summed E-state index contributed by atoms with van der Waals surface area (Å²) in [5, 5.41) is 3.76. The van der Waals surface area contributed by atoms with Gasteiger partial charge in [0.05, 0.1) is 0 Å². The molecule has 2 fully saturated rings. The fourth-order valence-corrected chi connectivity index (χ4v) is 3.52. The van der Waals surface area contributed by atoms with Crippen molar-refractivity contribution < 1.29 is 0 Å². The summed E-state index contributed by atoms with van der Waals surface area (Å²) in [6.07, 6.45) is 5.41. The number of likely N-dealkylation sites (N-methyl/N-ethyl adjacent to an activating group) is 1. The zero-order valence-corrected chi connectivity index (χ0v) is 14.3. The molecular formula is C17H35N3. The van der Waals surface area contributed by atoms with Gasteiger partial charge in [-0.25, -0.2) is 0 Å². The van der Waals surface area contributed by atoms with Gasteiger partial charge in [-0.3, -0.25) is 9.80 Å². The van der Waals surface area contributed by atoms with E-state index >= 15 is 0 Å². The molecule has 1 heterocycles. The second-order valence-corrected chi connectivity index (χ2v) is 8.16. The van der Waals surface area contributed by atoms with Gasteiger partial charge in [0.1, 0.15) is 0 Å². The Labute approximate surface area is 126 Å². The van der Waals surface area contributed by atoms with Crippen molar-refractivity contribution in [3.8, 4) is 0 Å². The van der Waals surface area contributed by atoms with Crippen molar-refractivity contribution in [3.63, 3.8) is 0 Å². The number of nitrogens with zero attached hydrogens (tertiary/aromatic N) is 2. The summed E-state index contributed by atoms with van der Waals surface area (Å²) in [7, 11) is 2.26. The largest absolute Gasteiger partial charge is 0.313 e. The van der Waals surface area contributed by atoms with Crippen LogP contribution in [0.4, 0.5) is 0 Å². The number of hydrogen-bond acceptors (Lipinski definition) is 3. The maximum Gasteiger partial charge on any atom is 0.0277 e. The van der Waals surface area contributed by atoms with E-state index in [-0.39, 0.29) is 0 Å². The van der Waals surface area contributed by atoms with Crippen molar-refractivity contribution in [3.05, 3.63) is 0 Å². The molecule has 1 saturated carbocycles. The van der Waals surface area contributed by atoms with Gasteiger partial charge in [-0.2, -0.15) is 0 Å². The van der Waals surface area contributed by atoms with Crippen molar-refractivity contribution in [2.45, 2.75) is 65.0 Å². The van der Waals surface area contributed by atoms with Crippen molar-refractivity contribution in [1.82, 2.24) is 15.1 Å². The lowest BCUT2D eigenvalue weighted by molar-refractivity contribution is 0.0169. The van der Waals surface area contributed by atoms with Crippen molar-refractivity contribution in [1.29, 1.82) is 0 Å². The van der Waals surface area contributed by atoms with Gasteiger partial charge in [0, 0.05) is 44.3 Å². The summed E-state index contributed by atoms with van der Waals surface area (Å²) in [4.78, 5) is 5.20. The SMILES string of the molecule is CCCC(C)(CNC1CC1)CN1CCN(C)C(C)(C)C1. The summed E-state index contributed by atoms with van der Waals surface area (Å²) in [5.41, 5.74) is 0.749. The number of nitrogens with one attached hydrogen (secondary N) is 1. The van der Waals surface area contributed by atoms with Gasteiger partial charge >= 0.3 is 0 Å². The first-order chi connectivity index (χ1) is 9.35. The van der Waals surface area contributed by atoms with E-state index in [2.05, 4.69) is 49.9 Å². The summed E-state index contributed by atoms with van der Waals surface area (Å²) >= 11 is 0. The zero-order chi connectivity index (χ0) is 14.8. The molecule has 1 unspecified atom stereocenters. The molecule has 3 nitrogen and oxygen atoms in total. The lowest BCUT2D eigenvalue weighted by Crippen LogP contribution is -2.59. The van der Waals surface area contributed by atoms with Crippen LogP contribution in [-0.4, -0.2) is 61.2 Å². The Morgan fingerprint density at radius 2 is 1.95 bits per heavy atom. The van der Waals surface area contributed by atoms with Crippen LogP contribution in [0.25, 0.3) is 0 Å². The van der Waals surface area contributed by atoms with Crippen LogP contribution in [0.3, 0.4) is 0 Å². The average molecular weight is 281 g/mol. The fraction of sp³-hybridized carbons (Fsp3) is 1.00. The second-order valence-electron chi connectivity index (χ2n) is 8.16. The van der Waals surface area contributed by atoms with Crippen LogP contribution in [0.5, 0.6) is 0 Å². The van der Waals surface area contributed by atoms with Crippen LogP contribution in [0, 0.1) is 5.41 Å². The standard InChI is InChI=1S/C17H35N3/c1-6-9-17(4,12-18-15-7-8-15)14-20-11-10-19(5)16(2,3)13-20/h15,18H,6-14H2,1-5H3. The predicted molar refractivity (Wildman–Crippen MR) is 87.2 cm³/mol. The first kappa shape index (κ1) is 16.3. The molecule has 1 N–H and O–H groups in total. The minimum Gasteiger partial charge on any atom is -0.313 e. The molecule has 0 spiro atoms. The monoisotopic (exact) mass is 281 g/mol. The fourth-order valence-electron chi connectivity index (χ4n) is 3.52. The molecule has 0 bridgehead atoms. The van der Waals surface area contributed by atoms with E-state index in [9.17, 15) is 0 Å². The topological polar surface area (TPSA) is 18.5 Å². The Bertz CT molecular complexity index is 311. The highest BCUT2D eigenvalue weighted by Gasteiger charge is 2.35. The maximum atomic E-state index is 3.76. The molecular weight excluding hydrogens is 246 g/mol. The molecule has 0 aromatic carbocycles. The highest BCUT2D eigenvalue weighted by molar-refractivity contribution is 4.92. The third kappa shape index (κ3) is 4.44. The molecule has 2 aliphatic rings. The smallest absolute Gasteiger partial charge is 0.0277 e. The number of hydrogen-bond donors (Lipinski definition) is 1. The molecule has 20 heavy (non-hydrogen) atoms. The highest BCUT2D eigenvalue weighted by atomic mass is 15.3. The van der Waals surface area contributed by atoms with Crippen LogP contribution < -0.4 is 5.32 Å².